The summed E-state index contributed by atoms with van der Waals surface area (Å²) in [5.41, 5.74) is 0. The predicted octanol–water partition coefficient (Wildman–Crippen LogP) is 1.41. The SMILES string of the molecule is CCN(CC)C(=O)CNc1ccnc(Cl)n1. The van der Waals surface area contributed by atoms with Crippen LogP contribution in [0.25, 0.3) is 0 Å². The van der Waals surface area contributed by atoms with Gasteiger partial charge in [-0.05, 0) is 31.5 Å². The molecule has 0 spiro atoms. The number of rotatable bonds is 5. The van der Waals surface area contributed by atoms with E-state index in [0.717, 1.165) is 0 Å². The second-order valence-corrected chi connectivity index (χ2v) is 3.47. The number of nitrogens with one attached hydrogen (secondary N) is 1. The van der Waals surface area contributed by atoms with E-state index in [1.807, 2.05) is 13.8 Å². The molecule has 1 heterocycles. The highest BCUT2D eigenvalue weighted by Crippen LogP contribution is 2.05. The maximum Gasteiger partial charge on any atom is 0.241 e. The lowest BCUT2D eigenvalue weighted by Crippen LogP contribution is -2.35. The van der Waals surface area contributed by atoms with Gasteiger partial charge in [0.25, 0.3) is 0 Å². The fraction of sp³-hybridized carbons (Fsp3) is 0.500. The third-order valence-corrected chi connectivity index (χ3v) is 2.35. The van der Waals surface area contributed by atoms with E-state index in [-0.39, 0.29) is 17.7 Å². The molecule has 0 aliphatic heterocycles. The van der Waals surface area contributed by atoms with Gasteiger partial charge in [0.2, 0.25) is 11.2 Å². The van der Waals surface area contributed by atoms with Crippen LogP contribution in [-0.4, -0.2) is 40.4 Å². The number of hydrogen-bond acceptors (Lipinski definition) is 4. The monoisotopic (exact) mass is 242 g/mol. The van der Waals surface area contributed by atoms with Gasteiger partial charge in [-0.25, -0.2) is 9.97 Å². The highest BCUT2D eigenvalue weighted by Gasteiger charge is 2.08. The van der Waals surface area contributed by atoms with Crippen LogP contribution in [0.4, 0.5) is 5.82 Å². The van der Waals surface area contributed by atoms with Crippen molar-refractivity contribution in [2.24, 2.45) is 0 Å². The van der Waals surface area contributed by atoms with Crippen LogP contribution in [0.3, 0.4) is 0 Å². The molecule has 0 unspecified atom stereocenters. The Kier molecular flexibility index (Phi) is 4.98. The molecular weight excluding hydrogens is 228 g/mol. The van der Waals surface area contributed by atoms with E-state index in [2.05, 4.69) is 15.3 Å². The first kappa shape index (κ1) is 12.7. The van der Waals surface area contributed by atoms with Gasteiger partial charge >= 0.3 is 0 Å². The topological polar surface area (TPSA) is 58.1 Å². The van der Waals surface area contributed by atoms with E-state index >= 15 is 0 Å². The van der Waals surface area contributed by atoms with Gasteiger partial charge in [0.05, 0.1) is 6.54 Å². The minimum absolute atomic E-state index is 0.0414. The first-order valence-electron chi connectivity index (χ1n) is 5.17. The minimum atomic E-state index is 0.0414. The molecule has 1 N–H and O–H groups in total. The average molecular weight is 243 g/mol. The zero-order valence-electron chi connectivity index (χ0n) is 9.40. The fourth-order valence-electron chi connectivity index (χ4n) is 1.29. The number of hydrogen-bond donors (Lipinski definition) is 1. The Labute approximate surface area is 99.8 Å². The largest absolute Gasteiger partial charge is 0.361 e. The molecule has 0 radical (unpaired) electrons. The molecule has 0 aromatic carbocycles. The molecular formula is C10H15ClN4O. The number of carbonyl (C=O) groups is 1. The van der Waals surface area contributed by atoms with E-state index in [0.29, 0.717) is 18.9 Å². The summed E-state index contributed by atoms with van der Waals surface area (Å²) < 4.78 is 0. The highest BCUT2D eigenvalue weighted by molar-refractivity contribution is 6.28. The molecule has 16 heavy (non-hydrogen) atoms. The Hall–Kier alpha value is -1.36. The molecule has 88 valence electrons. The molecule has 1 amide bonds. The van der Waals surface area contributed by atoms with Gasteiger partial charge in [-0.2, -0.15) is 0 Å². The van der Waals surface area contributed by atoms with Crippen LogP contribution in [-0.2, 0) is 4.79 Å². The number of anilines is 1. The molecule has 5 nitrogen and oxygen atoms in total. The van der Waals surface area contributed by atoms with Gasteiger partial charge in [-0.1, -0.05) is 0 Å². The Morgan fingerprint density at radius 3 is 2.75 bits per heavy atom. The number of likely N-dealkylation sites (N-methyl/N-ethyl adjacent to an activating group) is 1. The molecule has 0 aliphatic rings. The fourth-order valence-corrected chi connectivity index (χ4v) is 1.44. The molecule has 0 atom stereocenters. The standard InChI is InChI=1S/C10H15ClN4O/c1-3-15(4-2)9(16)7-13-8-5-6-12-10(11)14-8/h5-6H,3-4,7H2,1-2H3,(H,12,13,14). The van der Waals surface area contributed by atoms with Gasteiger partial charge < -0.3 is 10.2 Å². The van der Waals surface area contributed by atoms with Crippen molar-refractivity contribution in [3.05, 3.63) is 17.5 Å². The molecule has 0 fully saturated rings. The lowest BCUT2D eigenvalue weighted by Gasteiger charge is -2.18. The van der Waals surface area contributed by atoms with Crippen molar-refractivity contribution in [2.75, 3.05) is 25.0 Å². The van der Waals surface area contributed by atoms with Crippen LogP contribution in [0.2, 0.25) is 5.28 Å². The van der Waals surface area contributed by atoms with E-state index in [9.17, 15) is 4.79 Å². The summed E-state index contributed by atoms with van der Waals surface area (Å²) in [5, 5.41) is 3.07. The third-order valence-electron chi connectivity index (χ3n) is 2.16. The number of nitrogens with zero attached hydrogens (tertiary/aromatic N) is 3. The van der Waals surface area contributed by atoms with E-state index in [1.165, 1.54) is 0 Å². The molecule has 0 saturated heterocycles. The van der Waals surface area contributed by atoms with Crippen LogP contribution < -0.4 is 5.32 Å². The zero-order valence-corrected chi connectivity index (χ0v) is 10.2. The molecule has 1 aromatic rings. The Morgan fingerprint density at radius 2 is 2.19 bits per heavy atom. The van der Waals surface area contributed by atoms with Crippen molar-refractivity contribution in [1.29, 1.82) is 0 Å². The smallest absolute Gasteiger partial charge is 0.241 e. The first-order valence-corrected chi connectivity index (χ1v) is 5.55. The summed E-state index contributed by atoms with van der Waals surface area (Å²) in [6, 6.07) is 1.67. The second kappa shape index (κ2) is 6.27. The van der Waals surface area contributed by atoms with E-state index < -0.39 is 0 Å². The number of amides is 1. The summed E-state index contributed by atoms with van der Waals surface area (Å²) in [6.07, 6.45) is 1.54. The molecule has 1 aromatic heterocycles. The number of carbonyl (C=O) groups excluding carboxylic acids is 1. The lowest BCUT2D eigenvalue weighted by atomic mass is 10.4. The van der Waals surface area contributed by atoms with Crippen molar-refractivity contribution in [2.45, 2.75) is 13.8 Å². The quantitative estimate of drug-likeness (QED) is 0.794. The second-order valence-electron chi connectivity index (χ2n) is 3.13. The van der Waals surface area contributed by atoms with Gasteiger partial charge in [-0.15, -0.1) is 0 Å². The molecule has 0 aliphatic carbocycles. The molecule has 0 bridgehead atoms. The highest BCUT2D eigenvalue weighted by atomic mass is 35.5. The summed E-state index contributed by atoms with van der Waals surface area (Å²) in [6.45, 7) is 5.53. The van der Waals surface area contributed by atoms with E-state index in [1.54, 1.807) is 17.2 Å². The minimum Gasteiger partial charge on any atom is -0.361 e. The third kappa shape index (κ3) is 3.66. The van der Waals surface area contributed by atoms with Crippen molar-refractivity contribution < 1.29 is 4.79 Å². The Balaban J connectivity index is 2.48. The summed E-state index contributed by atoms with van der Waals surface area (Å²) in [4.78, 5) is 21.1. The van der Waals surface area contributed by atoms with Crippen molar-refractivity contribution in [3.63, 3.8) is 0 Å². The average Bonchev–Trinajstić information content (AvgIpc) is 2.28. The van der Waals surface area contributed by atoms with Gasteiger partial charge in [0.15, 0.2) is 0 Å². The maximum absolute atomic E-state index is 11.7. The summed E-state index contributed by atoms with van der Waals surface area (Å²) >= 11 is 5.62. The van der Waals surface area contributed by atoms with Gasteiger partial charge in [0, 0.05) is 19.3 Å². The molecule has 1 rings (SSSR count). The van der Waals surface area contributed by atoms with Crippen LogP contribution in [0.15, 0.2) is 12.3 Å². The van der Waals surface area contributed by atoms with Crippen LogP contribution >= 0.6 is 11.6 Å². The Bertz CT molecular complexity index is 354. The van der Waals surface area contributed by atoms with Crippen LogP contribution in [0.1, 0.15) is 13.8 Å². The van der Waals surface area contributed by atoms with Crippen molar-refractivity contribution >= 4 is 23.3 Å². The predicted molar refractivity (Wildman–Crippen MR) is 63.5 cm³/mol. The Morgan fingerprint density at radius 1 is 1.50 bits per heavy atom. The van der Waals surface area contributed by atoms with Crippen molar-refractivity contribution in [1.82, 2.24) is 14.9 Å². The number of halogens is 1. The van der Waals surface area contributed by atoms with Gasteiger partial charge in [-0.3, -0.25) is 4.79 Å². The molecule has 0 saturated carbocycles. The van der Waals surface area contributed by atoms with Crippen LogP contribution in [0, 0.1) is 0 Å². The number of aromatic nitrogens is 2. The normalized spacial score (nSPS) is 9.94. The van der Waals surface area contributed by atoms with Crippen LogP contribution in [0.5, 0.6) is 0 Å². The van der Waals surface area contributed by atoms with E-state index in [4.69, 9.17) is 11.6 Å². The lowest BCUT2D eigenvalue weighted by molar-refractivity contribution is -0.128. The zero-order chi connectivity index (χ0) is 12.0. The summed E-state index contributed by atoms with van der Waals surface area (Å²) in [7, 11) is 0. The first-order chi connectivity index (χ1) is 7.67. The molecule has 6 heteroatoms. The maximum atomic E-state index is 11.7. The summed E-state index contributed by atoms with van der Waals surface area (Å²) in [5.74, 6) is 0.597. The van der Waals surface area contributed by atoms with Gasteiger partial charge in [0.1, 0.15) is 5.82 Å². The van der Waals surface area contributed by atoms with Crippen molar-refractivity contribution in [3.8, 4) is 0 Å².